The Labute approximate surface area is 89.6 Å². The number of hydrogen-bond acceptors (Lipinski definition) is 4. The standard InChI is InChI=1S/C11H15N3O/c1-2-4-10(15)8-14-11-9(7-12)5-3-6-13-11/h3,5-6,10,15H,2,4,8H2,1H3,(H,13,14). The first-order chi connectivity index (χ1) is 7.27. The largest absolute Gasteiger partial charge is 0.391 e. The van der Waals surface area contributed by atoms with E-state index in [2.05, 4.69) is 10.3 Å². The highest BCUT2D eigenvalue weighted by Gasteiger charge is 2.05. The van der Waals surface area contributed by atoms with Crippen LogP contribution in [0.25, 0.3) is 0 Å². The molecular formula is C11H15N3O. The van der Waals surface area contributed by atoms with E-state index >= 15 is 0 Å². The van der Waals surface area contributed by atoms with Crippen molar-refractivity contribution in [2.24, 2.45) is 0 Å². The maximum atomic E-state index is 9.50. The molecule has 0 spiro atoms. The number of hydrogen-bond donors (Lipinski definition) is 2. The number of aliphatic hydroxyl groups excluding tert-OH is 1. The molecule has 80 valence electrons. The van der Waals surface area contributed by atoms with Gasteiger partial charge in [0, 0.05) is 12.7 Å². The zero-order chi connectivity index (χ0) is 11.1. The summed E-state index contributed by atoms with van der Waals surface area (Å²) in [6, 6.07) is 5.46. The average molecular weight is 205 g/mol. The minimum Gasteiger partial charge on any atom is -0.391 e. The van der Waals surface area contributed by atoms with Crippen molar-refractivity contribution in [3.8, 4) is 6.07 Å². The molecule has 4 heteroatoms. The van der Waals surface area contributed by atoms with Gasteiger partial charge in [-0.1, -0.05) is 13.3 Å². The lowest BCUT2D eigenvalue weighted by Crippen LogP contribution is -2.20. The van der Waals surface area contributed by atoms with Gasteiger partial charge in [0.15, 0.2) is 0 Å². The lowest BCUT2D eigenvalue weighted by atomic mass is 10.2. The van der Waals surface area contributed by atoms with Crippen LogP contribution in [-0.4, -0.2) is 22.7 Å². The third kappa shape index (κ3) is 3.56. The Balaban J connectivity index is 2.54. The molecule has 2 N–H and O–H groups in total. The van der Waals surface area contributed by atoms with Gasteiger partial charge in [-0.15, -0.1) is 0 Å². The maximum absolute atomic E-state index is 9.50. The first kappa shape index (κ1) is 11.5. The van der Waals surface area contributed by atoms with Gasteiger partial charge in [0.25, 0.3) is 0 Å². The second kappa shape index (κ2) is 5.99. The van der Waals surface area contributed by atoms with Gasteiger partial charge in [-0.3, -0.25) is 0 Å². The molecule has 1 aromatic rings. The van der Waals surface area contributed by atoms with Crippen molar-refractivity contribution in [2.75, 3.05) is 11.9 Å². The molecule has 1 rings (SSSR count). The molecule has 0 saturated carbocycles. The van der Waals surface area contributed by atoms with Crippen LogP contribution < -0.4 is 5.32 Å². The molecule has 0 aliphatic heterocycles. The van der Waals surface area contributed by atoms with Crippen LogP contribution in [0.3, 0.4) is 0 Å². The number of aliphatic hydroxyl groups is 1. The molecule has 0 radical (unpaired) electrons. The van der Waals surface area contributed by atoms with E-state index in [0.29, 0.717) is 17.9 Å². The van der Waals surface area contributed by atoms with E-state index in [1.807, 2.05) is 13.0 Å². The van der Waals surface area contributed by atoms with E-state index in [0.717, 1.165) is 12.8 Å². The van der Waals surface area contributed by atoms with E-state index in [1.54, 1.807) is 18.3 Å². The predicted molar refractivity (Wildman–Crippen MR) is 58.4 cm³/mol. The number of nitrogens with zero attached hydrogens (tertiary/aromatic N) is 2. The Morgan fingerprint density at radius 2 is 2.47 bits per heavy atom. The summed E-state index contributed by atoms with van der Waals surface area (Å²) in [4.78, 5) is 4.04. The van der Waals surface area contributed by atoms with Crippen LogP contribution in [0, 0.1) is 11.3 Å². The van der Waals surface area contributed by atoms with Gasteiger partial charge < -0.3 is 10.4 Å². The molecule has 15 heavy (non-hydrogen) atoms. The highest BCUT2D eigenvalue weighted by Crippen LogP contribution is 2.09. The summed E-state index contributed by atoms with van der Waals surface area (Å²) in [7, 11) is 0. The topological polar surface area (TPSA) is 68.9 Å². The van der Waals surface area contributed by atoms with Gasteiger partial charge in [-0.2, -0.15) is 5.26 Å². The first-order valence-corrected chi connectivity index (χ1v) is 5.05. The highest BCUT2D eigenvalue weighted by molar-refractivity contribution is 5.51. The Hall–Kier alpha value is -1.60. The summed E-state index contributed by atoms with van der Waals surface area (Å²) in [5, 5.41) is 21.3. The van der Waals surface area contributed by atoms with Crippen LogP contribution in [-0.2, 0) is 0 Å². The van der Waals surface area contributed by atoms with E-state index in [4.69, 9.17) is 5.26 Å². The molecule has 1 atom stereocenters. The third-order valence-corrected chi connectivity index (χ3v) is 2.06. The van der Waals surface area contributed by atoms with E-state index in [1.165, 1.54) is 0 Å². The van der Waals surface area contributed by atoms with E-state index in [9.17, 15) is 5.11 Å². The minimum atomic E-state index is -0.386. The van der Waals surface area contributed by atoms with Crippen molar-refractivity contribution in [1.29, 1.82) is 5.26 Å². The summed E-state index contributed by atoms with van der Waals surface area (Å²) in [6.07, 6.45) is 2.93. The molecule has 0 aromatic carbocycles. The van der Waals surface area contributed by atoms with E-state index < -0.39 is 0 Å². The molecule has 0 aliphatic rings. The van der Waals surface area contributed by atoms with Gasteiger partial charge in [-0.05, 0) is 18.6 Å². The molecule has 1 heterocycles. The Morgan fingerprint density at radius 1 is 1.67 bits per heavy atom. The molecule has 0 aliphatic carbocycles. The maximum Gasteiger partial charge on any atom is 0.143 e. The fraction of sp³-hybridized carbons (Fsp3) is 0.455. The van der Waals surface area contributed by atoms with Gasteiger partial charge in [0.05, 0.1) is 11.7 Å². The molecular weight excluding hydrogens is 190 g/mol. The third-order valence-electron chi connectivity index (χ3n) is 2.06. The summed E-state index contributed by atoms with van der Waals surface area (Å²) < 4.78 is 0. The second-order valence-corrected chi connectivity index (χ2v) is 3.33. The quantitative estimate of drug-likeness (QED) is 0.764. The monoisotopic (exact) mass is 205 g/mol. The molecule has 1 unspecified atom stereocenters. The zero-order valence-electron chi connectivity index (χ0n) is 8.77. The molecule has 4 nitrogen and oxygen atoms in total. The Morgan fingerprint density at radius 3 is 3.13 bits per heavy atom. The average Bonchev–Trinajstić information content (AvgIpc) is 2.27. The zero-order valence-corrected chi connectivity index (χ0v) is 8.77. The van der Waals surface area contributed by atoms with Gasteiger partial charge in [0.1, 0.15) is 11.9 Å². The van der Waals surface area contributed by atoms with Crippen molar-refractivity contribution in [3.63, 3.8) is 0 Å². The number of anilines is 1. The van der Waals surface area contributed by atoms with Crippen molar-refractivity contribution in [2.45, 2.75) is 25.9 Å². The lowest BCUT2D eigenvalue weighted by molar-refractivity contribution is 0.176. The lowest BCUT2D eigenvalue weighted by Gasteiger charge is -2.11. The van der Waals surface area contributed by atoms with Gasteiger partial charge in [0.2, 0.25) is 0 Å². The summed E-state index contributed by atoms with van der Waals surface area (Å²) in [6.45, 7) is 2.45. The van der Waals surface area contributed by atoms with Crippen molar-refractivity contribution >= 4 is 5.82 Å². The molecule has 0 fully saturated rings. The fourth-order valence-corrected chi connectivity index (χ4v) is 1.29. The van der Waals surface area contributed by atoms with Crippen LogP contribution in [0.15, 0.2) is 18.3 Å². The summed E-state index contributed by atoms with van der Waals surface area (Å²) in [5.41, 5.74) is 0.501. The van der Waals surface area contributed by atoms with Gasteiger partial charge in [-0.25, -0.2) is 4.98 Å². The molecule has 0 amide bonds. The smallest absolute Gasteiger partial charge is 0.143 e. The number of nitrogens with one attached hydrogen (secondary N) is 1. The summed E-state index contributed by atoms with van der Waals surface area (Å²) in [5.74, 6) is 0.537. The van der Waals surface area contributed by atoms with E-state index in [-0.39, 0.29) is 6.10 Å². The van der Waals surface area contributed by atoms with Crippen LogP contribution in [0.1, 0.15) is 25.3 Å². The van der Waals surface area contributed by atoms with Crippen LogP contribution in [0.5, 0.6) is 0 Å². The number of aromatic nitrogens is 1. The number of pyridine rings is 1. The van der Waals surface area contributed by atoms with Crippen molar-refractivity contribution in [3.05, 3.63) is 23.9 Å². The molecule has 1 aromatic heterocycles. The Kier molecular flexibility index (Phi) is 4.58. The van der Waals surface area contributed by atoms with Crippen LogP contribution in [0.2, 0.25) is 0 Å². The molecule has 0 bridgehead atoms. The summed E-state index contributed by atoms with van der Waals surface area (Å²) >= 11 is 0. The first-order valence-electron chi connectivity index (χ1n) is 5.05. The van der Waals surface area contributed by atoms with Crippen molar-refractivity contribution < 1.29 is 5.11 Å². The fourth-order valence-electron chi connectivity index (χ4n) is 1.29. The molecule has 0 saturated heterocycles. The highest BCUT2D eigenvalue weighted by atomic mass is 16.3. The van der Waals surface area contributed by atoms with Gasteiger partial charge >= 0.3 is 0 Å². The number of rotatable bonds is 5. The predicted octanol–water partition coefficient (Wildman–Crippen LogP) is 1.53. The van der Waals surface area contributed by atoms with Crippen LogP contribution >= 0.6 is 0 Å². The second-order valence-electron chi connectivity index (χ2n) is 3.33. The van der Waals surface area contributed by atoms with Crippen LogP contribution in [0.4, 0.5) is 5.82 Å². The normalized spacial score (nSPS) is 11.8. The SMILES string of the molecule is CCCC(O)CNc1ncccc1C#N. The number of nitriles is 1. The Bertz CT molecular complexity index is 346. The van der Waals surface area contributed by atoms with Crippen molar-refractivity contribution in [1.82, 2.24) is 4.98 Å². The minimum absolute atomic E-state index is 0.386.